The van der Waals surface area contributed by atoms with Crippen molar-refractivity contribution in [1.29, 1.82) is 5.26 Å². The first-order valence-electron chi connectivity index (χ1n) is 8.75. The summed E-state index contributed by atoms with van der Waals surface area (Å²) in [6, 6.07) is 3.81. The van der Waals surface area contributed by atoms with Gasteiger partial charge in [0.05, 0.1) is 40.7 Å². The summed E-state index contributed by atoms with van der Waals surface area (Å²) in [5, 5.41) is 36.7. The van der Waals surface area contributed by atoms with Gasteiger partial charge in [0.2, 0.25) is 0 Å². The van der Waals surface area contributed by atoms with E-state index in [1.54, 1.807) is 30.6 Å². The smallest absolute Gasteiger partial charge is 0.408 e. The zero-order valence-electron chi connectivity index (χ0n) is 15.1. The topological polar surface area (TPSA) is 123 Å². The Hall–Kier alpha value is -2.83. The summed E-state index contributed by atoms with van der Waals surface area (Å²) >= 11 is 0. The summed E-state index contributed by atoms with van der Waals surface area (Å²) in [6.45, 7) is 4.42. The third-order valence-electron chi connectivity index (χ3n) is 5.20. The van der Waals surface area contributed by atoms with E-state index in [-0.39, 0.29) is 12.6 Å². The number of nitrogens with one attached hydrogen (secondary N) is 1. The quantitative estimate of drug-likeness (QED) is 0.730. The number of amides is 1. The monoisotopic (exact) mass is 371 g/mol. The molecule has 1 amide bonds. The van der Waals surface area contributed by atoms with Gasteiger partial charge in [-0.05, 0) is 26.3 Å². The number of aliphatic hydroxyl groups is 1. The van der Waals surface area contributed by atoms with Crippen molar-refractivity contribution >= 4 is 11.6 Å². The lowest BCUT2D eigenvalue weighted by atomic mass is 9.70. The average molecular weight is 371 g/mol. The van der Waals surface area contributed by atoms with Crippen LogP contribution in [0.2, 0.25) is 0 Å². The Morgan fingerprint density at radius 3 is 3.00 bits per heavy atom. The molecular weight excluding hydrogens is 350 g/mol. The van der Waals surface area contributed by atoms with Crippen molar-refractivity contribution in [1.82, 2.24) is 19.8 Å². The molecule has 142 valence electrons. The van der Waals surface area contributed by atoms with Crippen LogP contribution in [-0.4, -0.2) is 62.2 Å². The lowest BCUT2D eigenvalue weighted by Gasteiger charge is -2.61. The van der Waals surface area contributed by atoms with Crippen molar-refractivity contribution in [2.45, 2.75) is 37.5 Å². The van der Waals surface area contributed by atoms with E-state index in [9.17, 15) is 20.3 Å². The van der Waals surface area contributed by atoms with Crippen LogP contribution in [0.5, 0.6) is 5.75 Å². The van der Waals surface area contributed by atoms with E-state index >= 15 is 0 Å². The molecule has 3 saturated heterocycles. The molecule has 2 bridgehead atoms. The third kappa shape index (κ3) is 2.69. The molecule has 9 nitrogen and oxygen atoms in total. The Morgan fingerprint density at radius 2 is 2.37 bits per heavy atom. The molecule has 27 heavy (non-hydrogen) atoms. The van der Waals surface area contributed by atoms with Crippen LogP contribution in [0, 0.1) is 11.3 Å². The van der Waals surface area contributed by atoms with Crippen molar-refractivity contribution in [2.24, 2.45) is 0 Å². The number of rotatable bonds is 4. The highest BCUT2D eigenvalue weighted by Gasteiger charge is 2.58. The standard InChI is InChI=1S/C18H21N5O4/c1-17(2,26)10-27-13-3-14(15-11(5-19)6-21-22(15)8-13)18-4-12(7-20-9-18)23(18)16(24)25/h3,6,8,12,20,26H,4,7,9-10H2,1-2H3,(H,24,25). The van der Waals surface area contributed by atoms with Crippen LogP contribution in [0.15, 0.2) is 18.5 Å². The van der Waals surface area contributed by atoms with Gasteiger partial charge in [0.1, 0.15) is 18.4 Å². The highest BCUT2D eigenvalue weighted by atomic mass is 16.5. The number of pyridine rings is 1. The summed E-state index contributed by atoms with van der Waals surface area (Å²) in [5.74, 6) is 0.459. The number of nitriles is 1. The van der Waals surface area contributed by atoms with Crippen LogP contribution < -0.4 is 10.1 Å². The number of piperidine rings is 1. The zero-order valence-corrected chi connectivity index (χ0v) is 15.1. The van der Waals surface area contributed by atoms with Crippen LogP contribution in [0.1, 0.15) is 31.4 Å². The lowest BCUT2D eigenvalue weighted by molar-refractivity contribution is -0.0798. The maximum Gasteiger partial charge on any atom is 0.408 e. The molecular formula is C18H21N5O4. The number of carboxylic acid groups (broad SMARTS) is 1. The second-order valence-corrected chi connectivity index (χ2v) is 7.83. The van der Waals surface area contributed by atoms with Crippen molar-refractivity contribution in [3.63, 3.8) is 0 Å². The third-order valence-corrected chi connectivity index (χ3v) is 5.20. The molecule has 2 unspecified atom stereocenters. The number of hydrogen-bond donors (Lipinski definition) is 3. The van der Waals surface area contributed by atoms with Gasteiger partial charge in [-0.3, -0.25) is 4.90 Å². The van der Waals surface area contributed by atoms with E-state index in [1.165, 1.54) is 11.1 Å². The van der Waals surface area contributed by atoms with E-state index in [0.717, 1.165) is 0 Å². The minimum absolute atomic E-state index is 0.0703. The molecule has 0 saturated carbocycles. The number of fused-ring (bicyclic) bond motifs is 3. The van der Waals surface area contributed by atoms with Crippen LogP contribution in [0.3, 0.4) is 0 Å². The largest absolute Gasteiger partial charge is 0.489 e. The Bertz CT molecular complexity index is 953. The number of ether oxygens (including phenoxy) is 1. The number of nitrogens with zero attached hydrogens (tertiary/aromatic N) is 4. The lowest BCUT2D eigenvalue weighted by Crippen LogP contribution is -2.75. The first-order chi connectivity index (χ1) is 12.7. The van der Waals surface area contributed by atoms with Gasteiger partial charge in [-0.1, -0.05) is 0 Å². The van der Waals surface area contributed by atoms with Gasteiger partial charge in [-0.25, -0.2) is 9.31 Å². The van der Waals surface area contributed by atoms with Gasteiger partial charge in [-0.2, -0.15) is 10.4 Å². The van der Waals surface area contributed by atoms with Gasteiger partial charge < -0.3 is 20.3 Å². The molecule has 3 fully saturated rings. The van der Waals surface area contributed by atoms with Gasteiger partial charge in [-0.15, -0.1) is 0 Å². The summed E-state index contributed by atoms with van der Waals surface area (Å²) in [7, 11) is 0. The van der Waals surface area contributed by atoms with Crippen molar-refractivity contribution < 1.29 is 19.7 Å². The maximum absolute atomic E-state index is 11.9. The number of piperazine rings is 1. The molecule has 3 aliphatic heterocycles. The molecule has 0 spiro atoms. The van der Waals surface area contributed by atoms with Gasteiger partial charge in [0, 0.05) is 18.7 Å². The van der Waals surface area contributed by atoms with E-state index in [2.05, 4.69) is 16.5 Å². The van der Waals surface area contributed by atoms with Crippen LogP contribution in [0.4, 0.5) is 4.79 Å². The second kappa shape index (κ2) is 5.84. The van der Waals surface area contributed by atoms with E-state index in [0.29, 0.717) is 41.9 Å². The fourth-order valence-electron chi connectivity index (χ4n) is 4.13. The Morgan fingerprint density at radius 1 is 1.59 bits per heavy atom. The molecule has 9 heteroatoms. The number of aromatic nitrogens is 2. The Labute approximate surface area is 155 Å². The van der Waals surface area contributed by atoms with Crippen molar-refractivity contribution in [2.75, 3.05) is 19.7 Å². The van der Waals surface area contributed by atoms with E-state index < -0.39 is 17.2 Å². The van der Waals surface area contributed by atoms with Crippen LogP contribution >= 0.6 is 0 Å². The molecule has 2 atom stereocenters. The predicted molar refractivity (Wildman–Crippen MR) is 94.5 cm³/mol. The minimum Gasteiger partial charge on any atom is -0.489 e. The summed E-state index contributed by atoms with van der Waals surface area (Å²) < 4.78 is 7.28. The molecule has 3 N–H and O–H groups in total. The number of hydrogen-bond acceptors (Lipinski definition) is 6. The average Bonchev–Trinajstić information content (AvgIpc) is 3.01. The summed E-state index contributed by atoms with van der Waals surface area (Å²) in [6.07, 6.45) is 2.80. The van der Waals surface area contributed by atoms with E-state index in [4.69, 9.17) is 4.74 Å². The van der Waals surface area contributed by atoms with Crippen molar-refractivity contribution in [3.05, 3.63) is 29.6 Å². The molecule has 0 radical (unpaired) electrons. The van der Waals surface area contributed by atoms with Crippen LogP contribution in [0.25, 0.3) is 5.52 Å². The van der Waals surface area contributed by atoms with E-state index in [1.807, 2.05) is 0 Å². The second-order valence-electron chi connectivity index (χ2n) is 7.83. The summed E-state index contributed by atoms with van der Waals surface area (Å²) in [4.78, 5) is 13.4. The fourth-order valence-corrected chi connectivity index (χ4v) is 4.13. The van der Waals surface area contributed by atoms with Gasteiger partial charge in [0.15, 0.2) is 0 Å². The van der Waals surface area contributed by atoms with Gasteiger partial charge in [0.25, 0.3) is 0 Å². The predicted octanol–water partition coefficient (Wildman–Crippen LogP) is 0.906. The Balaban J connectivity index is 1.86. The first-order valence-corrected chi connectivity index (χ1v) is 8.75. The highest BCUT2D eigenvalue weighted by molar-refractivity contribution is 5.75. The molecule has 0 aliphatic carbocycles. The first kappa shape index (κ1) is 17.6. The minimum atomic E-state index is -1.02. The molecule has 5 heterocycles. The number of carbonyl (C=O) groups is 1. The Kier molecular flexibility index (Phi) is 3.80. The SMILES string of the molecule is CC(C)(O)COc1cc(C23CNCC(C2)N3C(=O)O)c2c(C#N)cnn2c1. The molecule has 2 aromatic rings. The summed E-state index contributed by atoms with van der Waals surface area (Å²) in [5.41, 5.74) is -0.128. The van der Waals surface area contributed by atoms with Gasteiger partial charge >= 0.3 is 6.09 Å². The normalized spacial score (nSPS) is 24.4. The molecule has 2 aromatic heterocycles. The molecule has 3 aliphatic rings. The molecule has 5 rings (SSSR count). The fraction of sp³-hybridized carbons (Fsp3) is 0.500. The van der Waals surface area contributed by atoms with Crippen molar-refractivity contribution in [3.8, 4) is 11.8 Å². The maximum atomic E-state index is 11.9. The highest BCUT2D eigenvalue weighted by Crippen LogP contribution is 2.49. The van der Waals surface area contributed by atoms with Crippen LogP contribution in [-0.2, 0) is 5.54 Å². The molecule has 0 aromatic carbocycles. The zero-order chi connectivity index (χ0) is 19.4.